The van der Waals surface area contributed by atoms with Gasteiger partial charge in [0.05, 0.1) is 12.7 Å². The summed E-state index contributed by atoms with van der Waals surface area (Å²) in [4.78, 5) is 10.3. The van der Waals surface area contributed by atoms with Crippen molar-refractivity contribution in [1.29, 1.82) is 0 Å². The largest absolute Gasteiger partial charge is 0.450 e. The van der Waals surface area contributed by atoms with Gasteiger partial charge in [-0.1, -0.05) is 39.0 Å². The number of unbranched alkanes of at least 4 members (excludes halogenated alkanes) is 5. The number of nitrogens with two attached hydrogens (primary N) is 1. The highest BCUT2D eigenvalue weighted by Gasteiger charge is 2.03. The zero-order valence-corrected chi connectivity index (χ0v) is 11.2. The Hall–Kier alpha value is -0.770. The van der Waals surface area contributed by atoms with Crippen LogP contribution in [0.4, 0.5) is 4.79 Å². The van der Waals surface area contributed by atoms with Crippen molar-refractivity contribution in [1.82, 2.24) is 0 Å². The molecule has 0 aromatic heterocycles. The van der Waals surface area contributed by atoms with Gasteiger partial charge in [0.25, 0.3) is 0 Å². The van der Waals surface area contributed by atoms with Crippen molar-refractivity contribution in [2.75, 3.05) is 13.2 Å². The van der Waals surface area contributed by atoms with Crippen molar-refractivity contribution >= 4 is 6.09 Å². The summed E-state index contributed by atoms with van der Waals surface area (Å²) in [6, 6.07) is 0. The van der Waals surface area contributed by atoms with E-state index in [-0.39, 0.29) is 6.10 Å². The molecular weight excluding hydrogens is 218 g/mol. The SMILES string of the molecule is CCCCCCCCOC(C)CCOC(N)=O. The molecule has 4 nitrogen and oxygen atoms in total. The lowest BCUT2D eigenvalue weighted by molar-refractivity contribution is 0.0422. The van der Waals surface area contributed by atoms with Crippen LogP contribution in [0.2, 0.25) is 0 Å². The molecule has 0 heterocycles. The molecule has 0 radical (unpaired) electrons. The van der Waals surface area contributed by atoms with E-state index in [2.05, 4.69) is 11.7 Å². The predicted molar refractivity (Wildman–Crippen MR) is 68.9 cm³/mol. The number of primary amides is 1. The molecule has 0 aromatic rings. The van der Waals surface area contributed by atoms with E-state index in [1.54, 1.807) is 0 Å². The minimum Gasteiger partial charge on any atom is -0.450 e. The van der Waals surface area contributed by atoms with Crippen molar-refractivity contribution in [2.45, 2.75) is 64.9 Å². The molecule has 0 rings (SSSR count). The molecule has 102 valence electrons. The van der Waals surface area contributed by atoms with E-state index in [9.17, 15) is 4.79 Å². The van der Waals surface area contributed by atoms with Crippen LogP contribution in [0, 0.1) is 0 Å². The van der Waals surface area contributed by atoms with Gasteiger partial charge >= 0.3 is 6.09 Å². The van der Waals surface area contributed by atoms with Crippen molar-refractivity contribution in [2.24, 2.45) is 5.73 Å². The van der Waals surface area contributed by atoms with Gasteiger partial charge in [0.1, 0.15) is 0 Å². The second kappa shape index (κ2) is 11.7. The maximum absolute atomic E-state index is 10.3. The number of rotatable bonds is 11. The fraction of sp³-hybridized carbons (Fsp3) is 0.923. The van der Waals surface area contributed by atoms with Crippen molar-refractivity contribution in [3.8, 4) is 0 Å². The number of carbonyl (C=O) groups excluding carboxylic acids is 1. The molecule has 2 N–H and O–H groups in total. The highest BCUT2D eigenvalue weighted by Crippen LogP contribution is 2.06. The van der Waals surface area contributed by atoms with Gasteiger partial charge < -0.3 is 15.2 Å². The Morgan fingerprint density at radius 2 is 1.76 bits per heavy atom. The summed E-state index contributed by atoms with van der Waals surface area (Å²) < 4.78 is 10.2. The Labute approximate surface area is 105 Å². The van der Waals surface area contributed by atoms with Crippen LogP contribution in [0.3, 0.4) is 0 Å². The molecule has 1 amide bonds. The van der Waals surface area contributed by atoms with Crippen molar-refractivity contribution in [3.05, 3.63) is 0 Å². The third kappa shape index (κ3) is 13.2. The number of ether oxygens (including phenoxy) is 2. The summed E-state index contributed by atoms with van der Waals surface area (Å²) >= 11 is 0. The van der Waals surface area contributed by atoms with Gasteiger partial charge in [-0.3, -0.25) is 0 Å². The number of hydrogen-bond acceptors (Lipinski definition) is 3. The van der Waals surface area contributed by atoms with Gasteiger partial charge in [0.15, 0.2) is 0 Å². The van der Waals surface area contributed by atoms with Gasteiger partial charge in [0, 0.05) is 13.0 Å². The topological polar surface area (TPSA) is 61.6 Å². The maximum atomic E-state index is 10.3. The first kappa shape index (κ1) is 16.2. The van der Waals surface area contributed by atoms with Crippen LogP contribution in [-0.2, 0) is 9.47 Å². The van der Waals surface area contributed by atoms with Crippen LogP contribution >= 0.6 is 0 Å². The number of amides is 1. The Balaban J connectivity index is 3.16. The molecule has 0 aliphatic rings. The van der Waals surface area contributed by atoms with Crippen LogP contribution in [0.5, 0.6) is 0 Å². The van der Waals surface area contributed by atoms with Crippen LogP contribution < -0.4 is 5.73 Å². The lowest BCUT2D eigenvalue weighted by atomic mass is 10.1. The maximum Gasteiger partial charge on any atom is 0.404 e. The smallest absolute Gasteiger partial charge is 0.404 e. The molecule has 0 saturated heterocycles. The normalized spacial score (nSPS) is 12.4. The summed E-state index contributed by atoms with van der Waals surface area (Å²) in [5.41, 5.74) is 4.86. The highest BCUT2D eigenvalue weighted by molar-refractivity contribution is 5.64. The Kier molecular flexibility index (Phi) is 11.2. The van der Waals surface area contributed by atoms with Crippen LogP contribution in [0.1, 0.15) is 58.8 Å². The molecule has 1 unspecified atom stereocenters. The second-order valence-electron chi connectivity index (χ2n) is 4.41. The summed E-state index contributed by atoms with van der Waals surface area (Å²) in [6.45, 7) is 5.34. The standard InChI is InChI=1S/C13H27NO3/c1-3-4-5-6-7-8-10-16-12(2)9-11-17-13(14)15/h12H,3-11H2,1-2H3,(H2,14,15). The van der Waals surface area contributed by atoms with Gasteiger partial charge in [-0.2, -0.15) is 0 Å². The third-order valence-electron chi connectivity index (χ3n) is 2.67. The quantitative estimate of drug-likeness (QED) is 0.568. The molecule has 0 saturated carbocycles. The molecule has 17 heavy (non-hydrogen) atoms. The molecule has 1 atom stereocenters. The van der Waals surface area contributed by atoms with Gasteiger partial charge in [0.2, 0.25) is 0 Å². The van der Waals surface area contributed by atoms with Crippen LogP contribution in [0.25, 0.3) is 0 Å². The fourth-order valence-corrected chi connectivity index (χ4v) is 1.58. The molecule has 4 heteroatoms. The van der Waals surface area contributed by atoms with E-state index in [1.807, 2.05) is 6.92 Å². The predicted octanol–water partition coefficient (Wildman–Crippen LogP) is 3.24. The third-order valence-corrected chi connectivity index (χ3v) is 2.67. The van der Waals surface area contributed by atoms with Crippen LogP contribution in [0.15, 0.2) is 0 Å². The first-order chi connectivity index (χ1) is 8.16. The molecule has 0 fully saturated rings. The lowest BCUT2D eigenvalue weighted by Crippen LogP contribution is -2.18. The summed E-state index contributed by atoms with van der Waals surface area (Å²) in [5, 5.41) is 0. The molecular formula is C13H27NO3. The second-order valence-corrected chi connectivity index (χ2v) is 4.41. The Morgan fingerprint density at radius 1 is 1.12 bits per heavy atom. The van der Waals surface area contributed by atoms with E-state index >= 15 is 0 Å². The number of hydrogen-bond donors (Lipinski definition) is 1. The average Bonchev–Trinajstić information content (AvgIpc) is 2.27. The molecule has 0 bridgehead atoms. The van der Waals surface area contributed by atoms with E-state index in [0.29, 0.717) is 13.0 Å². The monoisotopic (exact) mass is 245 g/mol. The Bertz CT molecular complexity index is 186. The first-order valence-corrected chi connectivity index (χ1v) is 6.70. The van der Waals surface area contributed by atoms with E-state index in [1.165, 1.54) is 32.1 Å². The molecule has 0 aliphatic carbocycles. The van der Waals surface area contributed by atoms with Crippen molar-refractivity contribution in [3.63, 3.8) is 0 Å². The molecule has 0 spiro atoms. The summed E-state index contributed by atoms with van der Waals surface area (Å²) in [6.07, 6.45) is 7.73. The lowest BCUT2D eigenvalue weighted by Gasteiger charge is -2.12. The zero-order valence-electron chi connectivity index (χ0n) is 11.2. The fourth-order valence-electron chi connectivity index (χ4n) is 1.58. The van der Waals surface area contributed by atoms with Gasteiger partial charge in [-0.05, 0) is 13.3 Å². The van der Waals surface area contributed by atoms with Gasteiger partial charge in [-0.15, -0.1) is 0 Å². The minimum atomic E-state index is -0.715. The van der Waals surface area contributed by atoms with E-state index in [4.69, 9.17) is 10.5 Å². The Morgan fingerprint density at radius 3 is 2.41 bits per heavy atom. The zero-order chi connectivity index (χ0) is 12.9. The molecule has 0 aromatic carbocycles. The minimum absolute atomic E-state index is 0.130. The summed E-state index contributed by atoms with van der Waals surface area (Å²) in [5.74, 6) is 0. The highest BCUT2D eigenvalue weighted by atomic mass is 16.5. The summed E-state index contributed by atoms with van der Waals surface area (Å²) in [7, 11) is 0. The molecule has 0 aliphatic heterocycles. The van der Waals surface area contributed by atoms with Crippen molar-refractivity contribution < 1.29 is 14.3 Å². The van der Waals surface area contributed by atoms with Gasteiger partial charge in [-0.25, -0.2) is 4.79 Å². The van der Waals surface area contributed by atoms with E-state index < -0.39 is 6.09 Å². The number of carbonyl (C=O) groups is 1. The average molecular weight is 245 g/mol. The first-order valence-electron chi connectivity index (χ1n) is 6.70. The van der Waals surface area contributed by atoms with Crippen LogP contribution in [-0.4, -0.2) is 25.4 Å². The van der Waals surface area contributed by atoms with E-state index in [0.717, 1.165) is 13.0 Å².